The standard InChI is InChI=1S/C17H21NO4/c1-17(20,10-18-16(19)12-5-3-2-4-6-12)13-7-8-14-15(9-13)22-11-21-14/h2-3,7-9,12,20H,4-6,10-11H2,1H3,(H,18,19). The summed E-state index contributed by atoms with van der Waals surface area (Å²) in [6.07, 6.45) is 6.74. The average Bonchev–Trinajstić information content (AvgIpc) is 3.01. The quantitative estimate of drug-likeness (QED) is 0.836. The summed E-state index contributed by atoms with van der Waals surface area (Å²) in [5.41, 5.74) is -0.457. The van der Waals surface area contributed by atoms with E-state index in [1.54, 1.807) is 25.1 Å². The van der Waals surface area contributed by atoms with E-state index < -0.39 is 5.60 Å². The first-order chi connectivity index (χ1) is 10.6. The molecule has 1 heterocycles. The molecule has 0 bridgehead atoms. The summed E-state index contributed by atoms with van der Waals surface area (Å²) in [5, 5.41) is 13.5. The second-order valence-electron chi connectivity index (χ2n) is 6.04. The molecule has 2 aliphatic rings. The smallest absolute Gasteiger partial charge is 0.231 e. The molecular formula is C17H21NO4. The highest BCUT2D eigenvalue weighted by atomic mass is 16.7. The van der Waals surface area contributed by atoms with E-state index in [0.717, 1.165) is 19.3 Å². The average molecular weight is 303 g/mol. The molecule has 0 spiro atoms. The van der Waals surface area contributed by atoms with E-state index in [4.69, 9.17) is 9.47 Å². The number of hydrogen-bond donors (Lipinski definition) is 2. The fourth-order valence-electron chi connectivity index (χ4n) is 2.77. The van der Waals surface area contributed by atoms with Crippen LogP contribution in [-0.4, -0.2) is 24.4 Å². The minimum absolute atomic E-state index is 0.00497. The fraction of sp³-hybridized carbons (Fsp3) is 0.471. The maximum absolute atomic E-state index is 12.2. The number of allylic oxidation sites excluding steroid dienone is 2. The third-order valence-electron chi connectivity index (χ3n) is 4.24. The highest BCUT2D eigenvalue weighted by Gasteiger charge is 2.28. The first-order valence-electron chi connectivity index (χ1n) is 7.61. The van der Waals surface area contributed by atoms with Gasteiger partial charge in [0.25, 0.3) is 0 Å². The number of hydrogen-bond acceptors (Lipinski definition) is 4. The number of carbonyl (C=O) groups excluding carboxylic acids is 1. The Morgan fingerprint density at radius 3 is 2.95 bits per heavy atom. The van der Waals surface area contributed by atoms with Crippen molar-refractivity contribution in [2.75, 3.05) is 13.3 Å². The van der Waals surface area contributed by atoms with Crippen LogP contribution in [0.1, 0.15) is 31.7 Å². The molecule has 0 saturated carbocycles. The molecule has 22 heavy (non-hydrogen) atoms. The zero-order chi connectivity index (χ0) is 15.6. The summed E-state index contributed by atoms with van der Waals surface area (Å²) in [6.45, 7) is 2.06. The largest absolute Gasteiger partial charge is 0.454 e. The van der Waals surface area contributed by atoms with Crippen LogP contribution in [-0.2, 0) is 10.4 Å². The zero-order valence-electron chi connectivity index (χ0n) is 12.7. The second kappa shape index (κ2) is 6.01. The van der Waals surface area contributed by atoms with Gasteiger partial charge >= 0.3 is 0 Å². The number of rotatable bonds is 4. The molecule has 2 atom stereocenters. The Hall–Kier alpha value is -2.01. The van der Waals surface area contributed by atoms with Crippen molar-refractivity contribution in [2.24, 2.45) is 5.92 Å². The zero-order valence-corrected chi connectivity index (χ0v) is 12.7. The van der Waals surface area contributed by atoms with Crippen molar-refractivity contribution >= 4 is 5.91 Å². The van der Waals surface area contributed by atoms with Gasteiger partial charge in [-0.2, -0.15) is 0 Å². The van der Waals surface area contributed by atoms with E-state index in [9.17, 15) is 9.90 Å². The molecule has 2 unspecified atom stereocenters. The Labute approximate surface area is 129 Å². The molecule has 0 aromatic heterocycles. The molecule has 118 valence electrons. The van der Waals surface area contributed by atoms with Crippen molar-refractivity contribution in [3.05, 3.63) is 35.9 Å². The topological polar surface area (TPSA) is 67.8 Å². The van der Waals surface area contributed by atoms with Crippen LogP contribution < -0.4 is 14.8 Å². The summed E-state index contributed by atoms with van der Waals surface area (Å²) >= 11 is 0. The van der Waals surface area contributed by atoms with Gasteiger partial charge in [0.1, 0.15) is 5.60 Å². The first kappa shape index (κ1) is 14.9. The van der Waals surface area contributed by atoms with E-state index in [2.05, 4.69) is 11.4 Å². The Balaban J connectivity index is 1.63. The van der Waals surface area contributed by atoms with Gasteiger partial charge in [0.05, 0.1) is 6.54 Å². The van der Waals surface area contributed by atoms with Crippen molar-refractivity contribution in [3.63, 3.8) is 0 Å². The Bertz CT molecular complexity index is 594. The van der Waals surface area contributed by atoms with Crippen LogP contribution in [0.3, 0.4) is 0 Å². The lowest BCUT2D eigenvalue weighted by Gasteiger charge is -2.26. The summed E-state index contributed by atoms with van der Waals surface area (Å²) in [6, 6.07) is 5.33. The van der Waals surface area contributed by atoms with Gasteiger partial charge in [0, 0.05) is 5.92 Å². The SMILES string of the molecule is CC(O)(CNC(=O)C1CC=CCC1)c1ccc2c(c1)OCO2. The molecule has 3 rings (SSSR count). The maximum atomic E-state index is 12.2. The molecule has 5 nitrogen and oxygen atoms in total. The monoisotopic (exact) mass is 303 g/mol. The highest BCUT2D eigenvalue weighted by Crippen LogP contribution is 2.35. The van der Waals surface area contributed by atoms with Crippen molar-refractivity contribution in [2.45, 2.75) is 31.8 Å². The molecule has 2 N–H and O–H groups in total. The van der Waals surface area contributed by atoms with Gasteiger partial charge in [-0.15, -0.1) is 0 Å². The number of ether oxygens (including phenoxy) is 2. The van der Waals surface area contributed by atoms with Gasteiger partial charge in [-0.1, -0.05) is 18.2 Å². The molecule has 1 aromatic carbocycles. The molecule has 1 aliphatic carbocycles. The van der Waals surface area contributed by atoms with Gasteiger partial charge in [-0.25, -0.2) is 0 Å². The molecular weight excluding hydrogens is 282 g/mol. The number of carbonyl (C=O) groups is 1. The van der Waals surface area contributed by atoms with Crippen LogP contribution >= 0.6 is 0 Å². The second-order valence-corrected chi connectivity index (χ2v) is 6.04. The van der Waals surface area contributed by atoms with Crippen molar-refractivity contribution < 1.29 is 19.4 Å². The van der Waals surface area contributed by atoms with E-state index in [-0.39, 0.29) is 25.2 Å². The molecule has 5 heteroatoms. The number of fused-ring (bicyclic) bond motifs is 1. The first-order valence-corrected chi connectivity index (χ1v) is 7.61. The van der Waals surface area contributed by atoms with Crippen LogP contribution in [0.15, 0.2) is 30.4 Å². The van der Waals surface area contributed by atoms with Crippen LogP contribution in [0, 0.1) is 5.92 Å². The van der Waals surface area contributed by atoms with Crippen LogP contribution in [0.25, 0.3) is 0 Å². The van der Waals surface area contributed by atoms with Gasteiger partial charge in [-0.05, 0) is 43.9 Å². The predicted octanol–water partition coefficient (Wildman–Crippen LogP) is 2.10. The molecule has 1 amide bonds. The highest BCUT2D eigenvalue weighted by molar-refractivity contribution is 5.79. The van der Waals surface area contributed by atoms with Crippen LogP contribution in [0.2, 0.25) is 0 Å². The molecule has 0 saturated heterocycles. The molecule has 0 fully saturated rings. The Morgan fingerprint density at radius 2 is 2.18 bits per heavy atom. The van der Waals surface area contributed by atoms with E-state index in [0.29, 0.717) is 17.1 Å². The fourth-order valence-corrected chi connectivity index (χ4v) is 2.77. The van der Waals surface area contributed by atoms with Crippen molar-refractivity contribution in [3.8, 4) is 11.5 Å². The third kappa shape index (κ3) is 3.09. The molecule has 1 aliphatic heterocycles. The number of amides is 1. The summed E-state index contributed by atoms with van der Waals surface area (Å²) < 4.78 is 10.6. The van der Waals surface area contributed by atoms with Gasteiger partial charge in [0.2, 0.25) is 12.7 Å². The molecule has 1 aromatic rings. The lowest BCUT2D eigenvalue weighted by atomic mass is 9.92. The minimum Gasteiger partial charge on any atom is -0.454 e. The predicted molar refractivity (Wildman–Crippen MR) is 81.6 cm³/mol. The van der Waals surface area contributed by atoms with Crippen molar-refractivity contribution in [1.82, 2.24) is 5.32 Å². The van der Waals surface area contributed by atoms with Crippen molar-refractivity contribution in [1.29, 1.82) is 0 Å². The van der Waals surface area contributed by atoms with Crippen LogP contribution in [0.5, 0.6) is 11.5 Å². The van der Waals surface area contributed by atoms with Crippen LogP contribution in [0.4, 0.5) is 0 Å². The number of benzene rings is 1. The third-order valence-corrected chi connectivity index (χ3v) is 4.24. The number of aliphatic hydroxyl groups is 1. The van der Waals surface area contributed by atoms with Gasteiger partial charge in [-0.3, -0.25) is 4.79 Å². The Morgan fingerprint density at radius 1 is 1.36 bits per heavy atom. The van der Waals surface area contributed by atoms with E-state index in [1.807, 2.05) is 6.08 Å². The van der Waals surface area contributed by atoms with E-state index >= 15 is 0 Å². The summed E-state index contributed by atoms with van der Waals surface area (Å²) in [5.74, 6) is 1.32. The number of nitrogens with one attached hydrogen (secondary N) is 1. The maximum Gasteiger partial charge on any atom is 0.231 e. The Kier molecular flexibility index (Phi) is 4.07. The van der Waals surface area contributed by atoms with E-state index in [1.165, 1.54) is 0 Å². The van der Waals surface area contributed by atoms with Gasteiger partial charge in [0.15, 0.2) is 11.5 Å². The molecule has 0 radical (unpaired) electrons. The van der Waals surface area contributed by atoms with Gasteiger partial charge < -0.3 is 19.9 Å². The normalized spacial score (nSPS) is 22.2. The summed E-state index contributed by atoms with van der Waals surface area (Å²) in [4.78, 5) is 12.2. The lowest BCUT2D eigenvalue weighted by Crippen LogP contribution is -2.41. The summed E-state index contributed by atoms with van der Waals surface area (Å²) in [7, 11) is 0. The minimum atomic E-state index is -1.15. The lowest BCUT2D eigenvalue weighted by molar-refractivity contribution is -0.126.